The van der Waals surface area contributed by atoms with Crippen molar-refractivity contribution in [3.05, 3.63) is 57.9 Å². The molecule has 0 amide bonds. The number of nitrogens with zero attached hydrogens (tertiary/aromatic N) is 1. The fourth-order valence-corrected chi connectivity index (χ4v) is 5.26. The van der Waals surface area contributed by atoms with Crippen molar-refractivity contribution < 1.29 is 31.1 Å². The van der Waals surface area contributed by atoms with Crippen LogP contribution in [-0.4, -0.2) is 52.8 Å². The van der Waals surface area contributed by atoms with E-state index in [-0.39, 0.29) is 29.7 Å². The van der Waals surface area contributed by atoms with Gasteiger partial charge < -0.3 is 13.9 Å². The minimum Gasteiger partial charge on any atom is -0.465 e. The number of alkyl halides is 2. The first-order valence-electron chi connectivity index (χ1n) is 10.5. The van der Waals surface area contributed by atoms with E-state index in [9.17, 15) is 17.2 Å². The molecule has 32 heavy (non-hydrogen) atoms. The van der Waals surface area contributed by atoms with Gasteiger partial charge in [-0.3, -0.25) is 4.90 Å². The SMILES string of the molecule is Cc1ccc(C(CNS(=O)(=O)C2=Cc3ccc(OC(F)F)cc3CC2)N2CCOCC2)o1. The lowest BCUT2D eigenvalue weighted by molar-refractivity contribution is -0.0498. The molecule has 174 valence electrons. The van der Waals surface area contributed by atoms with Crippen molar-refractivity contribution in [1.29, 1.82) is 0 Å². The van der Waals surface area contributed by atoms with Crippen LogP contribution in [-0.2, 0) is 21.2 Å². The van der Waals surface area contributed by atoms with E-state index in [0.717, 1.165) is 11.3 Å². The Morgan fingerprint density at radius 2 is 1.94 bits per heavy atom. The van der Waals surface area contributed by atoms with Crippen LogP contribution in [0.3, 0.4) is 0 Å². The van der Waals surface area contributed by atoms with E-state index < -0.39 is 16.6 Å². The summed E-state index contributed by atoms with van der Waals surface area (Å²) in [5.74, 6) is 1.54. The molecule has 2 aliphatic rings. The molecule has 1 unspecified atom stereocenters. The highest BCUT2D eigenvalue weighted by molar-refractivity contribution is 7.93. The molecule has 1 aromatic carbocycles. The second-order valence-electron chi connectivity index (χ2n) is 7.81. The number of morpholine rings is 1. The van der Waals surface area contributed by atoms with Gasteiger partial charge in [0.1, 0.15) is 17.3 Å². The number of sulfonamides is 1. The summed E-state index contributed by atoms with van der Waals surface area (Å²) in [7, 11) is -3.73. The zero-order valence-corrected chi connectivity index (χ0v) is 18.5. The molecule has 1 fully saturated rings. The van der Waals surface area contributed by atoms with Gasteiger partial charge in [0.15, 0.2) is 0 Å². The number of nitrogens with one attached hydrogen (secondary N) is 1. The van der Waals surface area contributed by atoms with E-state index in [1.54, 1.807) is 12.1 Å². The molecule has 2 heterocycles. The number of halogens is 2. The quantitative estimate of drug-likeness (QED) is 0.639. The number of rotatable bonds is 8. The second kappa shape index (κ2) is 9.70. The van der Waals surface area contributed by atoms with Gasteiger partial charge >= 0.3 is 6.61 Å². The maximum absolute atomic E-state index is 13.1. The summed E-state index contributed by atoms with van der Waals surface area (Å²) in [5, 5.41) is 0. The zero-order chi connectivity index (χ0) is 22.7. The molecule has 0 radical (unpaired) electrons. The van der Waals surface area contributed by atoms with Crippen LogP contribution in [0.15, 0.2) is 39.7 Å². The predicted molar refractivity (Wildman–Crippen MR) is 115 cm³/mol. The fourth-order valence-electron chi connectivity index (χ4n) is 4.04. The van der Waals surface area contributed by atoms with E-state index in [4.69, 9.17) is 9.15 Å². The minimum absolute atomic E-state index is 0.0682. The number of fused-ring (bicyclic) bond motifs is 1. The Labute approximate surface area is 186 Å². The van der Waals surface area contributed by atoms with Gasteiger partial charge in [-0.25, -0.2) is 13.1 Å². The largest absolute Gasteiger partial charge is 0.465 e. The van der Waals surface area contributed by atoms with Crippen molar-refractivity contribution in [3.63, 3.8) is 0 Å². The Morgan fingerprint density at radius 3 is 2.62 bits per heavy atom. The number of hydrogen-bond donors (Lipinski definition) is 1. The van der Waals surface area contributed by atoms with Gasteiger partial charge in [0.2, 0.25) is 10.0 Å². The summed E-state index contributed by atoms with van der Waals surface area (Å²) in [4.78, 5) is 2.42. The first-order valence-corrected chi connectivity index (χ1v) is 12.0. The number of ether oxygens (including phenoxy) is 2. The van der Waals surface area contributed by atoms with Crippen molar-refractivity contribution >= 4 is 16.1 Å². The molecule has 0 saturated carbocycles. The van der Waals surface area contributed by atoms with Gasteiger partial charge in [0, 0.05) is 19.6 Å². The van der Waals surface area contributed by atoms with Crippen LogP contribution in [0.4, 0.5) is 8.78 Å². The van der Waals surface area contributed by atoms with Crippen LogP contribution in [0.2, 0.25) is 0 Å². The third kappa shape index (κ3) is 5.37. The minimum atomic E-state index is -3.73. The number of aryl methyl sites for hydroxylation is 2. The molecule has 0 spiro atoms. The average molecular weight is 469 g/mol. The summed E-state index contributed by atoms with van der Waals surface area (Å²) in [6, 6.07) is 8.04. The molecule has 1 N–H and O–H groups in total. The summed E-state index contributed by atoms with van der Waals surface area (Å²) in [6.07, 6.45) is 2.30. The van der Waals surface area contributed by atoms with Crippen LogP contribution in [0.5, 0.6) is 5.75 Å². The van der Waals surface area contributed by atoms with Gasteiger partial charge in [-0.15, -0.1) is 0 Å². The van der Waals surface area contributed by atoms with E-state index in [1.807, 2.05) is 19.1 Å². The Balaban J connectivity index is 1.49. The highest BCUT2D eigenvalue weighted by atomic mass is 32.2. The molecular formula is C22H26F2N2O5S. The fraction of sp³-hybridized carbons (Fsp3) is 0.455. The van der Waals surface area contributed by atoms with Crippen LogP contribution < -0.4 is 9.46 Å². The van der Waals surface area contributed by atoms with Crippen molar-refractivity contribution in [2.45, 2.75) is 32.4 Å². The smallest absolute Gasteiger partial charge is 0.387 e. The number of furan rings is 1. The maximum atomic E-state index is 13.1. The van der Waals surface area contributed by atoms with E-state index in [2.05, 4.69) is 14.4 Å². The second-order valence-corrected chi connectivity index (χ2v) is 9.63. The number of benzene rings is 1. The van der Waals surface area contributed by atoms with Crippen molar-refractivity contribution in [2.75, 3.05) is 32.8 Å². The topological polar surface area (TPSA) is 81.0 Å². The number of allylic oxidation sites excluding steroid dienone is 1. The van der Waals surface area contributed by atoms with Gasteiger partial charge in [-0.1, -0.05) is 6.07 Å². The normalized spacial score (nSPS) is 18.3. The van der Waals surface area contributed by atoms with Crippen LogP contribution in [0.25, 0.3) is 6.08 Å². The van der Waals surface area contributed by atoms with Crippen LogP contribution >= 0.6 is 0 Å². The predicted octanol–water partition coefficient (Wildman–Crippen LogP) is 3.47. The van der Waals surface area contributed by atoms with Gasteiger partial charge in [-0.05, 0) is 61.2 Å². The average Bonchev–Trinajstić information content (AvgIpc) is 3.19. The Kier molecular flexibility index (Phi) is 6.94. The van der Waals surface area contributed by atoms with Gasteiger partial charge in [-0.2, -0.15) is 8.78 Å². The molecule has 7 nitrogen and oxygen atoms in total. The van der Waals surface area contributed by atoms with E-state index in [0.29, 0.717) is 44.0 Å². The Hall–Kier alpha value is -2.27. The highest BCUT2D eigenvalue weighted by Crippen LogP contribution is 2.31. The lowest BCUT2D eigenvalue weighted by atomic mass is 9.97. The summed E-state index contributed by atoms with van der Waals surface area (Å²) < 4.78 is 69.4. The number of hydrogen-bond acceptors (Lipinski definition) is 6. The van der Waals surface area contributed by atoms with Gasteiger partial charge in [0.25, 0.3) is 0 Å². The van der Waals surface area contributed by atoms with Crippen molar-refractivity contribution in [1.82, 2.24) is 9.62 Å². The molecule has 1 saturated heterocycles. The standard InChI is InChI=1S/C22H26F2N2O5S/c1-15-2-7-21(30-15)20(26-8-10-29-11-9-26)14-25-32(27,28)19-6-4-16-12-18(31-22(23)24)5-3-17(16)13-19/h2-3,5,7,12-13,20,22,25H,4,6,8-11,14H2,1H3. The van der Waals surface area contributed by atoms with E-state index >= 15 is 0 Å². The molecular weight excluding hydrogens is 442 g/mol. The van der Waals surface area contributed by atoms with Crippen molar-refractivity contribution in [2.24, 2.45) is 0 Å². The van der Waals surface area contributed by atoms with Crippen LogP contribution in [0.1, 0.15) is 35.1 Å². The van der Waals surface area contributed by atoms with Crippen molar-refractivity contribution in [3.8, 4) is 5.75 Å². The Morgan fingerprint density at radius 1 is 1.16 bits per heavy atom. The van der Waals surface area contributed by atoms with Crippen LogP contribution in [0, 0.1) is 6.92 Å². The lowest BCUT2D eigenvalue weighted by Gasteiger charge is -2.33. The molecule has 1 aliphatic heterocycles. The monoisotopic (exact) mass is 468 g/mol. The first kappa shape index (κ1) is 22.9. The summed E-state index contributed by atoms with van der Waals surface area (Å²) in [5.41, 5.74) is 1.46. The van der Waals surface area contributed by atoms with Gasteiger partial charge in [0.05, 0.1) is 24.2 Å². The summed E-state index contributed by atoms with van der Waals surface area (Å²) in [6.45, 7) is 1.66. The molecule has 1 atom stereocenters. The lowest BCUT2D eigenvalue weighted by Crippen LogP contribution is -2.43. The molecule has 4 rings (SSSR count). The third-order valence-electron chi connectivity index (χ3n) is 5.68. The molecule has 2 aromatic rings. The highest BCUT2D eigenvalue weighted by Gasteiger charge is 2.29. The summed E-state index contributed by atoms with van der Waals surface area (Å²) >= 11 is 0. The molecule has 1 aromatic heterocycles. The zero-order valence-electron chi connectivity index (χ0n) is 17.7. The van der Waals surface area contributed by atoms with E-state index in [1.165, 1.54) is 12.1 Å². The first-order chi connectivity index (χ1) is 15.3. The molecule has 10 heteroatoms. The maximum Gasteiger partial charge on any atom is 0.387 e. The molecule has 0 bridgehead atoms. The third-order valence-corrected chi connectivity index (χ3v) is 7.24. The molecule has 1 aliphatic carbocycles. The Bertz CT molecular complexity index is 1080.